The Hall–Kier alpha value is -2.73. The Labute approximate surface area is 165 Å². The van der Waals surface area contributed by atoms with Crippen molar-refractivity contribution in [1.82, 2.24) is 24.6 Å². The minimum Gasteiger partial charge on any atom is -0.340 e. The largest absolute Gasteiger partial charge is 0.340 e. The molecule has 2 aromatic heterocycles. The number of hydrogen-bond donors (Lipinski definition) is 0. The van der Waals surface area contributed by atoms with Gasteiger partial charge in [0.1, 0.15) is 0 Å². The number of carbonyl (C=O) groups is 1. The van der Waals surface area contributed by atoms with E-state index in [-0.39, 0.29) is 5.91 Å². The zero-order chi connectivity index (χ0) is 19.7. The van der Waals surface area contributed by atoms with Gasteiger partial charge in [0.05, 0.1) is 18.3 Å². The first-order valence-corrected chi connectivity index (χ1v) is 9.89. The van der Waals surface area contributed by atoms with Gasteiger partial charge in [-0.15, -0.1) is 0 Å². The Bertz CT molecular complexity index is 986. The van der Waals surface area contributed by atoms with Gasteiger partial charge in [0.15, 0.2) is 0 Å². The number of aryl methyl sites for hydroxylation is 1. The molecule has 0 saturated carbocycles. The Morgan fingerprint density at radius 1 is 1.04 bits per heavy atom. The summed E-state index contributed by atoms with van der Waals surface area (Å²) in [5.41, 5.74) is 3.03. The molecule has 4 rings (SSSR count). The number of rotatable bonds is 4. The lowest BCUT2D eigenvalue weighted by Crippen LogP contribution is -2.51. The minimum absolute atomic E-state index is 0.165. The lowest BCUT2D eigenvalue weighted by atomic mass is 10.0. The fraction of sp³-hybridized carbons (Fsp3) is 0.409. The number of carbonyl (C=O) groups excluding carboxylic acids is 1. The molecule has 1 amide bonds. The summed E-state index contributed by atoms with van der Waals surface area (Å²) < 4.78 is 1.80. The maximum atomic E-state index is 12.7. The molecule has 1 saturated heterocycles. The maximum Gasteiger partial charge on any atom is 0.228 e. The van der Waals surface area contributed by atoms with Gasteiger partial charge in [-0.3, -0.25) is 19.4 Å². The van der Waals surface area contributed by atoms with Crippen LogP contribution in [0.5, 0.6) is 0 Å². The van der Waals surface area contributed by atoms with Gasteiger partial charge in [-0.1, -0.05) is 12.1 Å². The third-order valence-corrected chi connectivity index (χ3v) is 5.55. The minimum atomic E-state index is 0.165. The van der Waals surface area contributed by atoms with E-state index in [2.05, 4.69) is 47.0 Å². The molecule has 6 heteroatoms. The molecule has 3 heterocycles. The molecule has 28 heavy (non-hydrogen) atoms. The Balaban J connectivity index is 1.49. The molecule has 0 spiro atoms. The first kappa shape index (κ1) is 18.6. The van der Waals surface area contributed by atoms with Crippen molar-refractivity contribution in [1.29, 1.82) is 0 Å². The lowest BCUT2D eigenvalue weighted by Gasteiger charge is -2.36. The second-order valence-corrected chi connectivity index (χ2v) is 7.83. The van der Waals surface area contributed by atoms with Crippen molar-refractivity contribution >= 4 is 16.7 Å². The van der Waals surface area contributed by atoms with Crippen LogP contribution in [-0.4, -0.2) is 62.7 Å². The van der Waals surface area contributed by atoms with Crippen LogP contribution in [0.2, 0.25) is 0 Å². The van der Waals surface area contributed by atoms with Crippen molar-refractivity contribution in [2.24, 2.45) is 7.05 Å². The standard InChI is InChI=1S/C22H27N5O/c1-16(2)26-6-8-27(9-7-26)22(28)12-21-11-19-10-17(4-5-18(19)13-23-21)20-14-24-25(3)15-20/h4-5,10-11,13-16H,6-9,12H2,1-3H3. The molecule has 0 atom stereocenters. The number of benzene rings is 1. The molecule has 0 radical (unpaired) electrons. The van der Waals surface area contributed by atoms with Crippen molar-refractivity contribution in [3.05, 3.63) is 48.5 Å². The fourth-order valence-electron chi connectivity index (χ4n) is 3.79. The van der Waals surface area contributed by atoms with Crippen LogP contribution in [0.4, 0.5) is 0 Å². The van der Waals surface area contributed by atoms with Crippen LogP contribution in [0.25, 0.3) is 21.9 Å². The predicted molar refractivity (Wildman–Crippen MR) is 111 cm³/mol. The van der Waals surface area contributed by atoms with Crippen molar-refractivity contribution in [2.75, 3.05) is 26.2 Å². The van der Waals surface area contributed by atoms with E-state index in [0.29, 0.717) is 12.5 Å². The van der Waals surface area contributed by atoms with Gasteiger partial charge in [-0.2, -0.15) is 5.10 Å². The molecule has 0 aliphatic carbocycles. The zero-order valence-corrected chi connectivity index (χ0v) is 16.8. The monoisotopic (exact) mass is 377 g/mol. The third-order valence-electron chi connectivity index (χ3n) is 5.55. The van der Waals surface area contributed by atoms with Crippen LogP contribution in [-0.2, 0) is 18.3 Å². The first-order chi connectivity index (χ1) is 13.5. The average Bonchev–Trinajstić information content (AvgIpc) is 3.14. The van der Waals surface area contributed by atoms with Gasteiger partial charge >= 0.3 is 0 Å². The Kier molecular flexibility index (Phi) is 5.13. The molecule has 6 nitrogen and oxygen atoms in total. The van der Waals surface area contributed by atoms with E-state index in [0.717, 1.165) is 53.8 Å². The molecule has 146 valence electrons. The van der Waals surface area contributed by atoms with Crippen LogP contribution in [0.1, 0.15) is 19.5 Å². The summed E-state index contributed by atoms with van der Waals surface area (Å²) in [6.45, 7) is 7.91. The van der Waals surface area contributed by atoms with Crippen molar-refractivity contribution in [3.8, 4) is 11.1 Å². The molecule has 0 N–H and O–H groups in total. The second-order valence-electron chi connectivity index (χ2n) is 7.83. The molecule has 1 aliphatic heterocycles. The van der Waals surface area contributed by atoms with E-state index in [9.17, 15) is 4.79 Å². The number of piperazine rings is 1. The van der Waals surface area contributed by atoms with Gasteiger partial charge in [0, 0.05) is 62.6 Å². The first-order valence-electron chi connectivity index (χ1n) is 9.89. The Morgan fingerprint density at radius 2 is 1.82 bits per heavy atom. The number of aromatic nitrogens is 3. The summed E-state index contributed by atoms with van der Waals surface area (Å²) in [5, 5.41) is 6.43. The highest BCUT2D eigenvalue weighted by atomic mass is 16.2. The molecule has 1 aliphatic rings. The van der Waals surface area contributed by atoms with Crippen LogP contribution in [0.15, 0.2) is 42.9 Å². The van der Waals surface area contributed by atoms with Crippen molar-refractivity contribution in [3.63, 3.8) is 0 Å². The molecular weight excluding hydrogens is 350 g/mol. The second kappa shape index (κ2) is 7.72. The smallest absolute Gasteiger partial charge is 0.228 e. The summed E-state index contributed by atoms with van der Waals surface area (Å²) >= 11 is 0. The highest BCUT2D eigenvalue weighted by molar-refractivity contribution is 5.88. The van der Waals surface area contributed by atoms with Gasteiger partial charge in [0.25, 0.3) is 0 Å². The maximum absolute atomic E-state index is 12.7. The SMILES string of the molecule is CC(C)N1CCN(C(=O)Cc2cc3cc(-c4cnn(C)c4)ccc3cn2)CC1. The number of amides is 1. The van der Waals surface area contributed by atoms with E-state index in [1.807, 2.05) is 36.6 Å². The van der Waals surface area contributed by atoms with E-state index >= 15 is 0 Å². The highest BCUT2D eigenvalue weighted by Crippen LogP contribution is 2.24. The number of nitrogens with zero attached hydrogens (tertiary/aromatic N) is 5. The van der Waals surface area contributed by atoms with Gasteiger partial charge in [-0.05, 0) is 36.9 Å². The zero-order valence-electron chi connectivity index (χ0n) is 16.8. The normalized spacial score (nSPS) is 15.5. The molecule has 0 bridgehead atoms. The summed E-state index contributed by atoms with van der Waals surface area (Å²) in [5.74, 6) is 0.165. The summed E-state index contributed by atoms with van der Waals surface area (Å²) in [6.07, 6.45) is 6.09. The molecule has 0 unspecified atom stereocenters. The van der Waals surface area contributed by atoms with E-state index in [1.54, 1.807) is 4.68 Å². The van der Waals surface area contributed by atoms with Gasteiger partial charge in [0.2, 0.25) is 5.91 Å². The van der Waals surface area contributed by atoms with Crippen LogP contribution >= 0.6 is 0 Å². The topological polar surface area (TPSA) is 54.3 Å². The quantitative estimate of drug-likeness (QED) is 0.702. The average molecular weight is 377 g/mol. The summed E-state index contributed by atoms with van der Waals surface area (Å²) in [4.78, 5) is 21.6. The van der Waals surface area contributed by atoms with Crippen molar-refractivity contribution < 1.29 is 4.79 Å². The number of hydrogen-bond acceptors (Lipinski definition) is 4. The van der Waals surface area contributed by atoms with Crippen LogP contribution in [0.3, 0.4) is 0 Å². The van der Waals surface area contributed by atoms with E-state index in [4.69, 9.17) is 0 Å². The molecule has 1 aromatic carbocycles. The Morgan fingerprint density at radius 3 is 2.50 bits per heavy atom. The molecule has 1 fully saturated rings. The summed E-state index contributed by atoms with van der Waals surface area (Å²) in [7, 11) is 1.92. The summed E-state index contributed by atoms with van der Waals surface area (Å²) in [6, 6.07) is 8.87. The van der Waals surface area contributed by atoms with Crippen LogP contribution in [0, 0.1) is 0 Å². The fourth-order valence-corrected chi connectivity index (χ4v) is 3.79. The van der Waals surface area contributed by atoms with Gasteiger partial charge < -0.3 is 4.90 Å². The van der Waals surface area contributed by atoms with Crippen molar-refractivity contribution in [2.45, 2.75) is 26.3 Å². The van der Waals surface area contributed by atoms with E-state index in [1.165, 1.54) is 0 Å². The number of pyridine rings is 1. The van der Waals surface area contributed by atoms with Crippen LogP contribution < -0.4 is 0 Å². The third kappa shape index (κ3) is 3.92. The number of fused-ring (bicyclic) bond motifs is 1. The highest BCUT2D eigenvalue weighted by Gasteiger charge is 2.22. The van der Waals surface area contributed by atoms with E-state index < -0.39 is 0 Å². The van der Waals surface area contributed by atoms with Gasteiger partial charge in [-0.25, -0.2) is 0 Å². The molecule has 3 aromatic rings. The lowest BCUT2D eigenvalue weighted by molar-refractivity contribution is -0.132. The predicted octanol–water partition coefficient (Wildman–Crippen LogP) is 2.73. The molecular formula is C22H27N5O.